The number of para-hydroxylation sites is 1. The molecule has 0 saturated carbocycles. The zero-order valence-corrected chi connectivity index (χ0v) is 13.2. The number of hydrogen-bond donors (Lipinski definition) is 2. The van der Waals surface area contributed by atoms with Gasteiger partial charge in [-0.25, -0.2) is 0 Å². The van der Waals surface area contributed by atoms with Gasteiger partial charge in [0.2, 0.25) is 0 Å². The molecule has 0 unspecified atom stereocenters. The highest BCUT2D eigenvalue weighted by Crippen LogP contribution is 2.32. The van der Waals surface area contributed by atoms with Crippen molar-refractivity contribution in [1.82, 2.24) is 4.90 Å². The Kier molecular flexibility index (Phi) is 7.53. The summed E-state index contributed by atoms with van der Waals surface area (Å²) in [5, 5.41) is 17.6. The second kappa shape index (κ2) is 9.18. The number of hydrogen-bond acceptors (Lipinski definition) is 5. The maximum absolute atomic E-state index is 11.3. The van der Waals surface area contributed by atoms with Crippen LogP contribution in [-0.4, -0.2) is 43.6 Å². The third-order valence-electron chi connectivity index (χ3n) is 3.13. The monoisotopic (exact) mass is 294 g/mol. The van der Waals surface area contributed by atoms with E-state index in [1.165, 1.54) is 0 Å². The zero-order chi connectivity index (χ0) is 15.7. The summed E-state index contributed by atoms with van der Waals surface area (Å²) in [7, 11) is 4.09. The van der Waals surface area contributed by atoms with Gasteiger partial charge in [0.15, 0.2) is 0 Å². The molecule has 0 amide bonds. The van der Waals surface area contributed by atoms with Crippen molar-refractivity contribution in [2.24, 2.45) is 0 Å². The molecule has 21 heavy (non-hydrogen) atoms. The normalized spacial score (nSPS) is 10.7. The fourth-order valence-electron chi connectivity index (χ4n) is 2.06. The lowest BCUT2D eigenvalue weighted by molar-refractivity contribution is -0.383. The van der Waals surface area contributed by atoms with Crippen LogP contribution in [0.25, 0.3) is 0 Å². The van der Waals surface area contributed by atoms with E-state index >= 15 is 0 Å². The summed E-state index contributed by atoms with van der Waals surface area (Å²) < 4.78 is 0. The lowest BCUT2D eigenvalue weighted by atomic mass is 10.2. The Hall–Kier alpha value is -1.82. The predicted octanol–water partition coefficient (Wildman–Crippen LogP) is 3.17. The van der Waals surface area contributed by atoms with Crippen LogP contribution in [0.2, 0.25) is 0 Å². The first kappa shape index (κ1) is 17.2. The van der Waals surface area contributed by atoms with Gasteiger partial charge in [0.25, 0.3) is 0 Å². The van der Waals surface area contributed by atoms with E-state index in [0.717, 1.165) is 38.9 Å². The van der Waals surface area contributed by atoms with E-state index in [-0.39, 0.29) is 10.6 Å². The Morgan fingerprint density at radius 2 is 1.76 bits per heavy atom. The number of unbranched alkanes of at least 4 members (excludes halogenated alkanes) is 1. The van der Waals surface area contributed by atoms with Gasteiger partial charge in [-0.1, -0.05) is 13.0 Å². The molecule has 0 heterocycles. The molecule has 0 aliphatic carbocycles. The lowest BCUT2D eigenvalue weighted by Crippen LogP contribution is -2.14. The molecule has 1 aromatic carbocycles. The number of nitrogens with one attached hydrogen (secondary N) is 2. The second-order valence-corrected chi connectivity index (χ2v) is 5.32. The summed E-state index contributed by atoms with van der Waals surface area (Å²) >= 11 is 0. The van der Waals surface area contributed by atoms with Gasteiger partial charge in [0.05, 0.1) is 4.92 Å². The molecular formula is C15H26N4O2. The van der Waals surface area contributed by atoms with Crippen molar-refractivity contribution in [3.8, 4) is 0 Å². The summed E-state index contributed by atoms with van der Waals surface area (Å²) in [5.74, 6) is 0. The standard InChI is InChI=1S/C15H26N4O2/c1-4-10-16-13-8-7-9-14(15(13)19(20)21)17-11-5-6-12-18(2)3/h7-9,16-17H,4-6,10-12H2,1-3H3. The molecule has 0 bridgehead atoms. The van der Waals surface area contributed by atoms with Gasteiger partial charge < -0.3 is 15.5 Å². The van der Waals surface area contributed by atoms with Gasteiger partial charge >= 0.3 is 5.69 Å². The van der Waals surface area contributed by atoms with E-state index in [4.69, 9.17) is 0 Å². The van der Waals surface area contributed by atoms with Gasteiger partial charge in [-0.15, -0.1) is 0 Å². The van der Waals surface area contributed by atoms with Gasteiger partial charge in [-0.2, -0.15) is 0 Å². The van der Waals surface area contributed by atoms with Crippen LogP contribution in [0, 0.1) is 10.1 Å². The molecule has 0 atom stereocenters. The van der Waals surface area contributed by atoms with Crippen molar-refractivity contribution in [2.45, 2.75) is 26.2 Å². The average molecular weight is 294 g/mol. The fraction of sp³-hybridized carbons (Fsp3) is 0.600. The van der Waals surface area contributed by atoms with Gasteiger partial charge in [-0.3, -0.25) is 10.1 Å². The van der Waals surface area contributed by atoms with Crippen molar-refractivity contribution < 1.29 is 4.92 Å². The first-order valence-corrected chi connectivity index (χ1v) is 7.46. The topological polar surface area (TPSA) is 70.4 Å². The molecular weight excluding hydrogens is 268 g/mol. The highest BCUT2D eigenvalue weighted by atomic mass is 16.6. The Bertz CT molecular complexity index is 449. The van der Waals surface area contributed by atoms with Crippen LogP contribution in [0.1, 0.15) is 26.2 Å². The molecule has 0 aliphatic heterocycles. The van der Waals surface area contributed by atoms with Crippen LogP contribution in [0.3, 0.4) is 0 Å². The van der Waals surface area contributed by atoms with Crippen molar-refractivity contribution >= 4 is 17.1 Å². The summed E-state index contributed by atoms with van der Waals surface area (Å²) in [4.78, 5) is 13.1. The van der Waals surface area contributed by atoms with E-state index in [1.54, 1.807) is 12.1 Å². The molecule has 118 valence electrons. The summed E-state index contributed by atoms with van der Waals surface area (Å²) in [6.45, 7) is 4.53. The smallest absolute Gasteiger partial charge is 0.315 e. The average Bonchev–Trinajstić information content (AvgIpc) is 2.44. The number of anilines is 2. The van der Waals surface area contributed by atoms with Gasteiger partial charge in [0, 0.05) is 13.1 Å². The van der Waals surface area contributed by atoms with Crippen molar-refractivity contribution in [2.75, 3.05) is 44.4 Å². The van der Waals surface area contributed by atoms with Crippen molar-refractivity contribution in [1.29, 1.82) is 0 Å². The Morgan fingerprint density at radius 3 is 2.29 bits per heavy atom. The largest absolute Gasteiger partial charge is 0.379 e. The SMILES string of the molecule is CCCNc1cccc(NCCCCN(C)C)c1[N+](=O)[O-]. The number of benzene rings is 1. The van der Waals surface area contributed by atoms with Crippen LogP contribution in [0.5, 0.6) is 0 Å². The van der Waals surface area contributed by atoms with Gasteiger partial charge in [0.1, 0.15) is 11.4 Å². The van der Waals surface area contributed by atoms with E-state index in [2.05, 4.69) is 15.5 Å². The minimum atomic E-state index is -0.319. The molecule has 0 aromatic heterocycles. The number of nitrogens with zero attached hydrogens (tertiary/aromatic N) is 2. The molecule has 1 aromatic rings. The maximum Gasteiger partial charge on any atom is 0.315 e. The van der Waals surface area contributed by atoms with E-state index in [9.17, 15) is 10.1 Å². The third kappa shape index (κ3) is 5.99. The van der Waals surface area contributed by atoms with Crippen LogP contribution in [0.15, 0.2) is 18.2 Å². The second-order valence-electron chi connectivity index (χ2n) is 5.32. The Morgan fingerprint density at radius 1 is 1.14 bits per heavy atom. The molecule has 0 saturated heterocycles. The third-order valence-corrected chi connectivity index (χ3v) is 3.13. The van der Waals surface area contributed by atoms with Gasteiger partial charge in [-0.05, 0) is 52.0 Å². The molecule has 0 fully saturated rings. The molecule has 0 aliphatic rings. The molecule has 0 spiro atoms. The number of nitro groups is 1. The highest BCUT2D eigenvalue weighted by molar-refractivity contribution is 5.76. The molecule has 1 rings (SSSR count). The predicted molar refractivity (Wildman–Crippen MR) is 88.2 cm³/mol. The molecule has 2 N–H and O–H groups in total. The number of nitro benzene ring substituents is 1. The molecule has 6 nitrogen and oxygen atoms in total. The lowest BCUT2D eigenvalue weighted by Gasteiger charge is -2.12. The van der Waals surface area contributed by atoms with Crippen LogP contribution >= 0.6 is 0 Å². The van der Waals surface area contributed by atoms with Crippen LogP contribution in [-0.2, 0) is 0 Å². The van der Waals surface area contributed by atoms with E-state index in [0.29, 0.717) is 11.4 Å². The highest BCUT2D eigenvalue weighted by Gasteiger charge is 2.18. The van der Waals surface area contributed by atoms with Crippen LogP contribution in [0.4, 0.5) is 17.1 Å². The molecule has 0 radical (unpaired) electrons. The minimum Gasteiger partial charge on any atom is -0.379 e. The first-order chi connectivity index (χ1) is 10.1. The maximum atomic E-state index is 11.3. The first-order valence-electron chi connectivity index (χ1n) is 7.46. The van der Waals surface area contributed by atoms with Crippen molar-refractivity contribution in [3.05, 3.63) is 28.3 Å². The molecule has 6 heteroatoms. The summed E-state index contributed by atoms with van der Waals surface area (Å²) in [6, 6.07) is 5.36. The Labute approximate surface area is 126 Å². The number of rotatable bonds is 10. The zero-order valence-electron chi connectivity index (χ0n) is 13.2. The van der Waals surface area contributed by atoms with Crippen LogP contribution < -0.4 is 10.6 Å². The quantitative estimate of drug-likeness (QED) is 0.394. The summed E-state index contributed by atoms with van der Waals surface area (Å²) in [6.07, 6.45) is 2.99. The van der Waals surface area contributed by atoms with E-state index in [1.807, 2.05) is 27.1 Å². The van der Waals surface area contributed by atoms with E-state index < -0.39 is 0 Å². The Balaban J connectivity index is 2.65. The minimum absolute atomic E-state index is 0.138. The summed E-state index contributed by atoms with van der Waals surface area (Å²) in [5.41, 5.74) is 1.31. The van der Waals surface area contributed by atoms with Crippen molar-refractivity contribution in [3.63, 3.8) is 0 Å². The fourth-order valence-corrected chi connectivity index (χ4v) is 2.06.